The first-order valence-corrected chi connectivity index (χ1v) is 5.41. The molecule has 1 aliphatic rings. The fourth-order valence-electron chi connectivity index (χ4n) is 2.51. The molecular formula is C12H20O2. The van der Waals surface area contributed by atoms with Crippen LogP contribution in [0.15, 0.2) is 12.2 Å². The first kappa shape index (κ1) is 11.3. The van der Waals surface area contributed by atoms with Gasteiger partial charge in [0.2, 0.25) is 0 Å². The summed E-state index contributed by atoms with van der Waals surface area (Å²) < 4.78 is 0. The average Bonchev–Trinajstić information content (AvgIpc) is 2.08. The van der Waals surface area contributed by atoms with Gasteiger partial charge in [-0.15, -0.1) is 0 Å². The van der Waals surface area contributed by atoms with Gasteiger partial charge in [-0.1, -0.05) is 26.8 Å². The monoisotopic (exact) mass is 196 g/mol. The highest BCUT2D eigenvalue weighted by Crippen LogP contribution is 2.38. The SMILES string of the molecule is CC1CC(C)C(C)C(C=CC(=O)O)C1. The lowest BCUT2D eigenvalue weighted by atomic mass is 9.70. The van der Waals surface area contributed by atoms with Crippen LogP contribution < -0.4 is 0 Å². The lowest BCUT2D eigenvalue weighted by Gasteiger charge is -2.36. The van der Waals surface area contributed by atoms with Crippen molar-refractivity contribution >= 4 is 5.97 Å². The number of carboxylic acids is 1. The van der Waals surface area contributed by atoms with Gasteiger partial charge in [0.25, 0.3) is 0 Å². The van der Waals surface area contributed by atoms with Gasteiger partial charge in [0, 0.05) is 6.08 Å². The zero-order valence-corrected chi connectivity index (χ0v) is 9.23. The van der Waals surface area contributed by atoms with Gasteiger partial charge in [-0.2, -0.15) is 0 Å². The molecule has 2 nitrogen and oxygen atoms in total. The highest BCUT2D eigenvalue weighted by Gasteiger charge is 2.29. The van der Waals surface area contributed by atoms with E-state index in [0.29, 0.717) is 17.8 Å². The molecule has 2 heteroatoms. The van der Waals surface area contributed by atoms with Crippen LogP contribution >= 0.6 is 0 Å². The molecule has 0 aromatic carbocycles. The van der Waals surface area contributed by atoms with Gasteiger partial charge in [-0.3, -0.25) is 0 Å². The number of aliphatic carboxylic acids is 1. The lowest BCUT2D eigenvalue weighted by molar-refractivity contribution is -0.131. The maximum Gasteiger partial charge on any atom is 0.327 e. The van der Waals surface area contributed by atoms with E-state index in [2.05, 4.69) is 20.8 Å². The van der Waals surface area contributed by atoms with Crippen LogP contribution in [-0.4, -0.2) is 11.1 Å². The third-order valence-electron chi connectivity index (χ3n) is 3.51. The van der Waals surface area contributed by atoms with Gasteiger partial charge < -0.3 is 5.11 Å². The maximum atomic E-state index is 10.4. The van der Waals surface area contributed by atoms with Crippen molar-refractivity contribution in [2.75, 3.05) is 0 Å². The van der Waals surface area contributed by atoms with Crippen molar-refractivity contribution in [3.63, 3.8) is 0 Å². The second kappa shape index (κ2) is 4.63. The second-order valence-electron chi connectivity index (χ2n) is 4.77. The Labute approximate surface area is 86.0 Å². The third-order valence-corrected chi connectivity index (χ3v) is 3.51. The molecule has 0 heterocycles. The number of allylic oxidation sites excluding steroid dienone is 1. The molecule has 0 bridgehead atoms. The second-order valence-corrected chi connectivity index (χ2v) is 4.77. The first-order chi connectivity index (χ1) is 6.50. The van der Waals surface area contributed by atoms with Crippen LogP contribution in [0.2, 0.25) is 0 Å². The quantitative estimate of drug-likeness (QED) is 0.689. The van der Waals surface area contributed by atoms with E-state index in [9.17, 15) is 4.79 Å². The van der Waals surface area contributed by atoms with Crippen LogP contribution in [0, 0.1) is 23.7 Å². The van der Waals surface area contributed by atoms with Crippen LogP contribution in [0.5, 0.6) is 0 Å². The summed E-state index contributed by atoms with van der Waals surface area (Å²) in [7, 11) is 0. The van der Waals surface area contributed by atoms with E-state index in [0.717, 1.165) is 12.3 Å². The molecular weight excluding hydrogens is 176 g/mol. The summed E-state index contributed by atoms with van der Waals surface area (Å²) in [6, 6.07) is 0. The Morgan fingerprint density at radius 2 is 1.93 bits per heavy atom. The highest BCUT2D eigenvalue weighted by molar-refractivity contribution is 5.79. The molecule has 0 spiro atoms. The molecule has 0 saturated heterocycles. The summed E-state index contributed by atoms with van der Waals surface area (Å²) >= 11 is 0. The van der Waals surface area contributed by atoms with Crippen molar-refractivity contribution in [2.24, 2.45) is 23.7 Å². The smallest absolute Gasteiger partial charge is 0.327 e. The van der Waals surface area contributed by atoms with E-state index in [4.69, 9.17) is 5.11 Å². The van der Waals surface area contributed by atoms with E-state index in [1.54, 1.807) is 0 Å². The molecule has 0 aromatic rings. The van der Waals surface area contributed by atoms with Crippen molar-refractivity contribution in [1.29, 1.82) is 0 Å². The van der Waals surface area contributed by atoms with Crippen molar-refractivity contribution in [3.05, 3.63) is 12.2 Å². The van der Waals surface area contributed by atoms with Crippen LogP contribution in [0.3, 0.4) is 0 Å². The van der Waals surface area contributed by atoms with Gasteiger partial charge in [0.1, 0.15) is 0 Å². The predicted molar refractivity (Wildman–Crippen MR) is 57.0 cm³/mol. The van der Waals surface area contributed by atoms with Crippen LogP contribution in [0.1, 0.15) is 33.6 Å². The zero-order chi connectivity index (χ0) is 10.7. The standard InChI is InChI=1S/C12H20O2/c1-8-6-9(2)10(3)11(7-8)4-5-12(13)14/h4-5,8-11H,6-7H2,1-3H3,(H,13,14). The first-order valence-electron chi connectivity index (χ1n) is 5.41. The van der Waals surface area contributed by atoms with E-state index < -0.39 is 5.97 Å². The highest BCUT2D eigenvalue weighted by atomic mass is 16.4. The normalized spacial score (nSPS) is 38.8. The van der Waals surface area contributed by atoms with Gasteiger partial charge in [-0.05, 0) is 36.5 Å². The molecule has 4 unspecified atom stereocenters. The van der Waals surface area contributed by atoms with Crippen LogP contribution in [-0.2, 0) is 4.79 Å². The van der Waals surface area contributed by atoms with Gasteiger partial charge in [0.15, 0.2) is 0 Å². The Kier molecular flexibility index (Phi) is 3.73. The molecule has 1 N–H and O–H groups in total. The van der Waals surface area contributed by atoms with Crippen molar-refractivity contribution < 1.29 is 9.90 Å². The van der Waals surface area contributed by atoms with Crippen molar-refractivity contribution in [3.8, 4) is 0 Å². The molecule has 4 atom stereocenters. The summed E-state index contributed by atoms with van der Waals surface area (Å²) in [6.07, 6.45) is 5.58. The van der Waals surface area contributed by atoms with Crippen molar-refractivity contribution in [2.45, 2.75) is 33.6 Å². The molecule has 80 valence electrons. The summed E-state index contributed by atoms with van der Waals surface area (Å²) in [5.74, 6) is 1.67. The number of rotatable bonds is 2. The molecule has 1 rings (SSSR count). The largest absolute Gasteiger partial charge is 0.478 e. The molecule has 0 radical (unpaired) electrons. The minimum atomic E-state index is -0.830. The van der Waals surface area contributed by atoms with Gasteiger partial charge in [0.05, 0.1) is 0 Å². The Morgan fingerprint density at radius 3 is 2.50 bits per heavy atom. The van der Waals surface area contributed by atoms with E-state index in [-0.39, 0.29) is 0 Å². The molecule has 1 saturated carbocycles. The molecule has 1 fully saturated rings. The number of hydrogen-bond acceptors (Lipinski definition) is 1. The number of carbonyl (C=O) groups is 1. The summed E-state index contributed by atoms with van der Waals surface area (Å²) in [5, 5.41) is 8.58. The minimum Gasteiger partial charge on any atom is -0.478 e. The Morgan fingerprint density at radius 1 is 1.29 bits per heavy atom. The Bertz CT molecular complexity index is 232. The van der Waals surface area contributed by atoms with E-state index >= 15 is 0 Å². The van der Waals surface area contributed by atoms with Crippen LogP contribution in [0.4, 0.5) is 0 Å². The molecule has 0 amide bonds. The summed E-state index contributed by atoms with van der Waals surface area (Å²) in [5.41, 5.74) is 0. The summed E-state index contributed by atoms with van der Waals surface area (Å²) in [4.78, 5) is 10.4. The van der Waals surface area contributed by atoms with Gasteiger partial charge >= 0.3 is 5.97 Å². The number of hydrogen-bond donors (Lipinski definition) is 1. The average molecular weight is 196 g/mol. The fourth-order valence-corrected chi connectivity index (χ4v) is 2.51. The molecule has 1 aliphatic carbocycles. The fraction of sp³-hybridized carbons (Fsp3) is 0.750. The molecule has 0 aliphatic heterocycles. The van der Waals surface area contributed by atoms with Crippen molar-refractivity contribution in [1.82, 2.24) is 0 Å². The topological polar surface area (TPSA) is 37.3 Å². The molecule has 0 aromatic heterocycles. The van der Waals surface area contributed by atoms with E-state index in [1.807, 2.05) is 6.08 Å². The summed E-state index contributed by atoms with van der Waals surface area (Å²) in [6.45, 7) is 6.75. The third kappa shape index (κ3) is 2.86. The Balaban J connectivity index is 2.62. The Hall–Kier alpha value is -0.790. The van der Waals surface area contributed by atoms with Crippen LogP contribution in [0.25, 0.3) is 0 Å². The molecule has 14 heavy (non-hydrogen) atoms. The number of carboxylic acid groups (broad SMARTS) is 1. The predicted octanol–water partition coefficient (Wildman–Crippen LogP) is 2.95. The zero-order valence-electron chi connectivity index (χ0n) is 9.23. The lowest BCUT2D eigenvalue weighted by Crippen LogP contribution is -2.27. The van der Waals surface area contributed by atoms with Gasteiger partial charge in [-0.25, -0.2) is 4.79 Å². The maximum absolute atomic E-state index is 10.4. The van der Waals surface area contributed by atoms with E-state index in [1.165, 1.54) is 12.5 Å². The minimum absolute atomic E-state index is 0.449.